The van der Waals surface area contributed by atoms with Crippen LogP contribution in [0.4, 0.5) is 19.0 Å². The van der Waals surface area contributed by atoms with E-state index in [1.807, 2.05) is 25.8 Å². The number of halogens is 3. The van der Waals surface area contributed by atoms with Crippen LogP contribution in [-0.4, -0.2) is 65.0 Å². The second-order valence-electron chi connectivity index (χ2n) is 8.55. The lowest BCUT2D eigenvalue weighted by molar-refractivity contribution is -0.144. The van der Waals surface area contributed by atoms with Crippen LogP contribution in [0.15, 0.2) is 30.5 Å². The van der Waals surface area contributed by atoms with Crippen molar-refractivity contribution in [1.29, 1.82) is 0 Å². The van der Waals surface area contributed by atoms with Gasteiger partial charge in [0.25, 0.3) is 5.91 Å². The van der Waals surface area contributed by atoms with Crippen LogP contribution in [0.25, 0.3) is 0 Å². The highest BCUT2D eigenvalue weighted by atomic mass is 19.4. The van der Waals surface area contributed by atoms with Crippen LogP contribution >= 0.6 is 0 Å². The predicted octanol–water partition coefficient (Wildman–Crippen LogP) is 3.83. The van der Waals surface area contributed by atoms with E-state index >= 15 is 0 Å². The number of carbonyl (C=O) groups is 1. The number of fused-ring (bicyclic) bond motifs is 2. The van der Waals surface area contributed by atoms with Crippen molar-refractivity contribution in [3.8, 4) is 0 Å². The molecule has 0 aliphatic carbocycles. The van der Waals surface area contributed by atoms with Crippen molar-refractivity contribution >= 4 is 11.7 Å². The van der Waals surface area contributed by atoms with E-state index in [2.05, 4.69) is 14.8 Å². The Morgan fingerprint density at radius 3 is 2.41 bits per heavy atom. The van der Waals surface area contributed by atoms with Gasteiger partial charge in [-0.05, 0) is 58.0 Å². The number of pyridine rings is 1. The van der Waals surface area contributed by atoms with E-state index in [0.717, 1.165) is 13.1 Å². The fraction of sp³-hybridized carbons (Fsp3) is 0.565. The molecule has 0 unspecified atom stereocenters. The van der Waals surface area contributed by atoms with Gasteiger partial charge >= 0.3 is 6.18 Å². The zero-order valence-corrected chi connectivity index (χ0v) is 18.8. The molecule has 0 saturated carbocycles. The zero-order valence-electron chi connectivity index (χ0n) is 18.8. The summed E-state index contributed by atoms with van der Waals surface area (Å²) in [6, 6.07) is 6.39. The normalized spacial score (nSPS) is 18.6. The van der Waals surface area contributed by atoms with Crippen molar-refractivity contribution in [2.75, 3.05) is 44.7 Å². The first-order valence-corrected chi connectivity index (χ1v) is 11.2. The number of carbonyl (C=O) groups excluding carboxylic acids is 1. The lowest BCUT2D eigenvalue weighted by Crippen LogP contribution is -2.56. The number of anilines is 1. The molecular weight excluding hydrogens is 419 g/mol. The minimum Gasteiger partial charge on any atom is -0.357 e. The molecule has 1 fully saturated rings. The lowest BCUT2D eigenvalue weighted by Gasteiger charge is -2.50. The molecule has 0 N–H and O–H groups in total. The van der Waals surface area contributed by atoms with Gasteiger partial charge in [-0.2, -0.15) is 13.2 Å². The third kappa shape index (κ3) is 3.66. The Kier molecular flexibility index (Phi) is 5.96. The Hall–Kier alpha value is -2.55. The fourth-order valence-corrected chi connectivity index (χ4v) is 5.25. The number of likely N-dealkylation sites (N-methyl/N-ethyl adjacent to an activating group) is 1. The quantitative estimate of drug-likeness (QED) is 0.712. The van der Waals surface area contributed by atoms with Crippen LogP contribution in [0.3, 0.4) is 0 Å². The molecule has 2 aromatic heterocycles. The van der Waals surface area contributed by atoms with Gasteiger partial charge in [0.15, 0.2) is 0 Å². The van der Waals surface area contributed by atoms with E-state index in [4.69, 9.17) is 0 Å². The highest BCUT2D eigenvalue weighted by Gasteiger charge is 2.47. The smallest absolute Gasteiger partial charge is 0.357 e. The van der Waals surface area contributed by atoms with Gasteiger partial charge < -0.3 is 14.4 Å². The molecule has 32 heavy (non-hydrogen) atoms. The maximum absolute atomic E-state index is 13.5. The van der Waals surface area contributed by atoms with Crippen LogP contribution in [0.2, 0.25) is 0 Å². The molecule has 0 atom stereocenters. The Morgan fingerprint density at radius 1 is 1.09 bits per heavy atom. The van der Waals surface area contributed by atoms with E-state index in [0.29, 0.717) is 56.1 Å². The molecule has 9 heteroatoms. The van der Waals surface area contributed by atoms with Gasteiger partial charge in [-0.1, -0.05) is 0 Å². The number of amides is 1. The highest BCUT2D eigenvalue weighted by Crippen LogP contribution is 2.44. The van der Waals surface area contributed by atoms with Crippen LogP contribution < -0.4 is 4.90 Å². The molecule has 1 amide bonds. The molecule has 0 bridgehead atoms. The summed E-state index contributed by atoms with van der Waals surface area (Å²) in [4.78, 5) is 23.9. The van der Waals surface area contributed by atoms with Crippen molar-refractivity contribution in [2.24, 2.45) is 0 Å². The van der Waals surface area contributed by atoms with E-state index in [9.17, 15) is 18.0 Å². The molecular formula is C23H30F3N5O. The zero-order chi connectivity index (χ0) is 23.1. The Balaban J connectivity index is 1.58. The molecule has 0 aromatic carbocycles. The topological polar surface area (TPSA) is 44.6 Å². The molecule has 1 spiro atoms. The van der Waals surface area contributed by atoms with E-state index in [-0.39, 0.29) is 5.91 Å². The maximum Gasteiger partial charge on any atom is 0.431 e. The molecule has 2 aliphatic heterocycles. The molecule has 4 heterocycles. The van der Waals surface area contributed by atoms with Crippen LogP contribution in [0, 0.1) is 0 Å². The summed E-state index contributed by atoms with van der Waals surface area (Å²) in [7, 11) is 1.97. The summed E-state index contributed by atoms with van der Waals surface area (Å²) in [5.74, 6) is 0.612. The van der Waals surface area contributed by atoms with Crippen molar-refractivity contribution in [3.63, 3.8) is 0 Å². The first-order valence-electron chi connectivity index (χ1n) is 11.2. The van der Waals surface area contributed by atoms with Crippen molar-refractivity contribution in [2.45, 2.75) is 44.9 Å². The summed E-state index contributed by atoms with van der Waals surface area (Å²) >= 11 is 0. The number of likely N-dealkylation sites (tertiary alicyclic amines) is 1. The Morgan fingerprint density at radius 2 is 1.78 bits per heavy atom. The number of aromatic nitrogens is 2. The van der Waals surface area contributed by atoms with Gasteiger partial charge in [-0.25, -0.2) is 4.98 Å². The molecule has 174 valence electrons. The van der Waals surface area contributed by atoms with Crippen molar-refractivity contribution in [3.05, 3.63) is 47.4 Å². The minimum atomic E-state index is -4.37. The number of hydrogen-bond acceptors (Lipinski definition) is 4. The molecule has 6 nitrogen and oxygen atoms in total. The van der Waals surface area contributed by atoms with Gasteiger partial charge in [-0.15, -0.1) is 0 Å². The Labute approximate surface area is 186 Å². The van der Waals surface area contributed by atoms with E-state index < -0.39 is 17.4 Å². The number of alkyl halides is 3. The van der Waals surface area contributed by atoms with Gasteiger partial charge in [0, 0.05) is 51.2 Å². The average molecular weight is 450 g/mol. The molecule has 2 aliphatic rings. The SMILES string of the molecule is CCN(CC)c1ncccc1C(=O)N1CCC2(CC1)c1ccc(C(F)(F)F)n1CCN2C. The third-order valence-corrected chi connectivity index (χ3v) is 7.10. The summed E-state index contributed by atoms with van der Waals surface area (Å²) in [5.41, 5.74) is 0.204. The first-order chi connectivity index (χ1) is 15.2. The van der Waals surface area contributed by atoms with Gasteiger partial charge in [0.1, 0.15) is 11.5 Å². The maximum atomic E-state index is 13.5. The fourth-order valence-electron chi connectivity index (χ4n) is 5.25. The minimum absolute atomic E-state index is 0.0697. The summed E-state index contributed by atoms with van der Waals surface area (Å²) in [6.45, 7) is 7.40. The second kappa shape index (κ2) is 8.42. The molecule has 2 aromatic rings. The largest absolute Gasteiger partial charge is 0.431 e. The van der Waals surface area contributed by atoms with Gasteiger partial charge in [0.2, 0.25) is 0 Å². The number of piperidine rings is 1. The van der Waals surface area contributed by atoms with Gasteiger partial charge in [-0.3, -0.25) is 9.69 Å². The van der Waals surface area contributed by atoms with Gasteiger partial charge in [0.05, 0.1) is 11.1 Å². The average Bonchev–Trinajstić information content (AvgIpc) is 3.24. The monoisotopic (exact) mass is 449 g/mol. The standard InChI is InChI=1S/C23H30F3N5O/c1-4-29(5-2)20-17(7-6-12-27-20)21(32)30-13-10-22(11-14-30)18-8-9-19(23(24,25)26)31(18)16-15-28(22)3/h6-9,12H,4-5,10-11,13-16H2,1-3H3. The molecule has 0 radical (unpaired) electrons. The van der Waals surface area contributed by atoms with Crippen LogP contribution in [-0.2, 0) is 18.3 Å². The summed E-state index contributed by atoms with van der Waals surface area (Å²) < 4.78 is 41.9. The second-order valence-corrected chi connectivity index (χ2v) is 8.55. The summed E-state index contributed by atoms with van der Waals surface area (Å²) in [6.07, 6.45) is -1.49. The molecule has 4 rings (SSSR count). The first kappa shape index (κ1) is 22.6. The van der Waals surface area contributed by atoms with Crippen molar-refractivity contribution in [1.82, 2.24) is 19.4 Å². The third-order valence-electron chi connectivity index (χ3n) is 7.10. The lowest BCUT2D eigenvalue weighted by atomic mass is 9.81. The Bertz CT molecular complexity index is 974. The van der Waals surface area contributed by atoms with Crippen molar-refractivity contribution < 1.29 is 18.0 Å². The number of nitrogens with zero attached hydrogens (tertiary/aromatic N) is 5. The summed E-state index contributed by atoms with van der Waals surface area (Å²) in [5, 5.41) is 0. The van der Waals surface area contributed by atoms with E-state index in [1.54, 1.807) is 24.4 Å². The van der Waals surface area contributed by atoms with E-state index in [1.165, 1.54) is 10.6 Å². The number of hydrogen-bond donors (Lipinski definition) is 0. The molecule has 1 saturated heterocycles. The highest BCUT2D eigenvalue weighted by molar-refractivity contribution is 5.99. The van der Waals surface area contributed by atoms with Crippen LogP contribution in [0.5, 0.6) is 0 Å². The van der Waals surface area contributed by atoms with Crippen LogP contribution in [0.1, 0.15) is 48.4 Å². The number of rotatable bonds is 4. The predicted molar refractivity (Wildman–Crippen MR) is 117 cm³/mol.